The molecule has 2 rings (SSSR count). The number of nitrogens with one attached hydrogen (secondary N) is 1. The summed E-state index contributed by atoms with van der Waals surface area (Å²) in [6.07, 6.45) is 7.05. The molecular weight excluding hydrogens is 262 g/mol. The molecule has 0 aromatic carbocycles. The molecule has 1 N–H and O–H groups in total. The molecule has 0 saturated heterocycles. The molecule has 1 unspecified atom stereocenters. The molecular formula is C15H24ClNS. The minimum atomic E-state index is 0.427. The third-order valence-electron chi connectivity index (χ3n) is 4.23. The Bertz CT molecular complexity index is 355. The van der Waals surface area contributed by atoms with Gasteiger partial charge in [-0.1, -0.05) is 44.2 Å². The van der Waals surface area contributed by atoms with Crippen LogP contribution >= 0.6 is 22.9 Å². The van der Waals surface area contributed by atoms with Gasteiger partial charge in [0.15, 0.2) is 0 Å². The third-order valence-corrected chi connectivity index (χ3v) is 5.34. The summed E-state index contributed by atoms with van der Waals surface area (Å²) in [5.41, 5.74) is 1.32. The van der Waals surface area contributed by atoms with Crippen LogP contribution in [0.2, 0.25) is 4.34 Å². The fourth-order valence-electron chi connectivity index (χ4n) is 2.79. The van der Waals surface area contributed by atoms with E-state index in [1.54, 1.807) is 11.3 Å². The maximum atomic E-state index is 5.96. The molecule has 0 bridgehead atoms. The molecule has 1 heterocycles. The lowest BCUT2D eigenvalue weighted by atomic mass is 9.81. The van der Waals surface area contributed by atoms with Gasteiger partial charge in [-0.15, -0.1) is 11.3 Å². The maximum absolute atomic E-state index is 5.96. The van der Waals surface area contributed by atoms with Crippen molar-refractivity contribution in [1.29, 1.82) is 0 Å². The van der Waals surface area contributed by atoms with Gasteiger partial charge in [0.1, 0.15) is 0 Å². The largest absolute Gasteiger partial charge is 0.310 e. The van der Waals surface area contributed by atoms with E-state index >= 15 is 0 Å². The highest BCUT2D eigenvalue weighted by Gasteiger charge is 2.18. The van der Waals surface area contributed by atoms with E-state index in [1.807, 2.05) is 0 Å². The standard InChI is InChI=1S/C15H24ClNS/c1-11-3-5-13(6-4-11)7-8-17-12(2)14-9-15(16)18-10-14/h9-13,17H,3-8H2,1-2H3. The van der Waals surface area contributed by atoms with Crippen molar-refractivity contribution in [1.82, 2.24) is 5.32 Å². The Morgan fingerprint density at radius 1 is 1.39 bits per heavy atom. The molecule has 18 heavy (non-hydrogen) atoms. The van der Waals surface area contributed by atoms with Crippen LogP contribution in [0, 0.1) is 11.8 Å². The Hall–Kier alpha value is -0.0500. The number of thiophene rings is 1. The second-order valence-corrected chi connectivity index (χ2v) is 7.32. The maximum Gasteiger partial charge on any atom is 0.0931 e. The van der Waals surface area contributed by atoms with Crippen molar-refractivity contribution in [3.63, 3.8) is 0 Å². The quantitative estimate of drug-likeness (QED) is 0.777. The fraction of sp³-hybridized carbons (Fsp3) is 0.733. The van der Waals surface area contributed by atoms with Gasteiger partial charge in [-0.2, -0.15) is 0 Å². The van der Waals surface area contributed by atoms with E-state index in [4.69, 9.17) is 11.6 Å². The molecule has 1 fully saturated rings. The molecule has 1 saturated carbocycles. The van der Waals surface area contributed by atoms with Crippen LogP contribution in [0.4, 0.5) is 0 Å². The zero-order valence-electron chi connectivity index (χ0n) is 11.4. The topological polar surface area (TPSA) is 12.0 Å². The normalized spacial score (nSPS) is 26.2. The van der Waals surface area contributed by atoms with Crippen molar-refractivity contribution < 1.29 is 0 Å². The van der Waals surface area contributed by atoms with Crippen molar-refractivity contribution in [2.45, 2.75) is 52.0 Å². The summed E-state index contributed by atoms with van der Waals surface area (Å²) < 4.78 is 0.889. The van der Waals surface area contributed by atoms with Crippen LogP contribution in [0.1, 0.15) is 57.6 Å². The lowest BCUT2D eigenvalue weighted by Gasteiger charge is -2.26. The summed E-state index contributed by atoms with van der Waals surface area (Å²) in [5, 5.41) is 5.77. The average Bonchev–Trinajstić information content (AvgIpc) is 2.78. The van der Waals surface area contributed by atoms with Crippen LogP contribution in [0.15, 0.2) is 11.4 Å². The summed E-state index contributed by atoms with van der Waals surface area (Å²) in [4.78, 5) is 0. The highest BCUT2D eigenvalue weighted by atomic mass is 35.5. The Kier molecular flexibility index (Phi) is 5.53. The molecule has 1 atom stereocenters. The second-order valence-electron chi connectivity index (χ2n) is 5.77. The summed E-state index contributed by atoms with van der Waals surface area (Å²) in [7, 11) is 0. The summed E-state index contributed by atoms with van der Waals surface area (Å²) >= 11 is 7.58. The van der Waals surface area contributed by atoms with Gasteiger partial charge in [0, 0.05) is 6.04 Å². The van der Waals surface area contributed by atoms with E-state index < -0.39 is 0 Å². The number of hydrogen-bond donors (Lipinski definition) is 1. The Balaban J connectivity index is 1.66. The predicted molar refractivity (Wildman–Crippen MR) is 81.5 cm³/mol. The van der Waals surface area contributed by atoms with Crippen LogP contribution in [0.3, 0.4) is 0 Å². The monoisotopic (exact) mass is 285 g/mol. The molecule has 102 valence electrons. The van der Waals surface area contributed by atoms with E-state index in [9.17, 15) is 0 Å². The van der Waals surface area contributed by atoms with Gasteiger partial charge in [0.25, 0.3) is 0 Å². The van der Waals surface area contributed by atoms with Crippen molar-refractivity contribution in [3.8, 4) is 0 Å². The van der Waals surface area contributed by atoms with Crippen LogP contribution in [0.25, 0.3) is 0 Å². The van der Waals surface area contributed by atoms with Crippen molar-refractivity contribution in [2.75, 3.05) is 6.54 Å². The Morgan fingerprint density at radius 3 is 2.72 bits per heavy atom. The highest BCUT2D eigenvalue weighted by molar-refractivity contribution is 7.14. The van der Waals surface area contributed by atoms with E-state index in [-0.39, 0.29) is 0 Å². The van der Waals surface area contributed by atoms with E-state index in [2.05, 4.69) is 30.6 Å². The second kappa shape index (κ2) is 6.93. The molecule has 1 aromatic heterocycles. The van der Waals surface area contributed by atoms with Crippen LogP contribution in [0.5, 0.6) is 0 Å². The summed E-state index contributed by atoms with van der Waals surface area (Å²) in [6, 6.07) is 2.50. The molecule has 3 heteroatoms. The van der Waals surface area contributed by atoms with Gasteiger partial charge in [0.05, 0.1) is 4.34 Å². The molecule has 0 amide bonds. The first-order valence-electron chi connectivity index (χ1n) is 7.12. The third kappa shape index (κ3) is 4.25. The van der Waals surface area contributed by atoms with Crippen molar-refractivity contribution in [3.05, 3.63) is 21.3 Å². The first-order chi connectivity index (χ1) is 8.65. The van der Waals surface area contributed by atoms with Crippen LogP contribution < -0.4 is 5.32 Å². The van der Waals surface area contributed by atoms with Gasteiger partial charge in [-0.25, -0.2) is 0 Å². The lowest BCUT2D eigenvalue weighted by Crippen LogP contribution is -2.23. The van der Waals surface area contributed by atoms with E-state index in [1.165, 1.54) is 37.7 Å². The molecule has 1 aliphatic carbocycles. The number of halogens is 1. The molecule has 1 aliphatic rings. The van der Waals surface area contributed by atoms with Gasteiger partial charge < -0.3 is 5.32 Å². The fourth-order valence-corrected chi connectivity index (χ4v) is 3.77. The minimum Gasteiger partial charge on any atom is -0.310 e. The van der Waals surface area contributed by atoms with E-state index in [0.29, 0.717) is 6.04 Å². The molecule has 1 nitrogen and oxygen atoms in total. The zero-order chi connectivity index (χ0) is 13.0. The predicted octanol–water partition coefficient (Wildman–Crippen LogP) is 5.27. The van der Waals surface area contributed by atoms with Crippen LogP contribution in [-0.2, 0) is 0 Å². The SMILES string of the molecule is CC1CCC(CCNC(C)c2csc(Cl)c2)CC1. The Morgan fingerprint density at radius 2 is 2.11 bits per heavy atom. The van der Waals surface area contributed by atoms with Gasteiger partial charge in [-0.05, 0) is 48.7 Å². The van der Waals surface area contributed by atoms with E-state index in [0.717, 1.165) is 22.7 Å². The number of hydrogen-bond acceptors (Lipinski definition) is 2. The Labute approximate surface area is 120 Å². The van der Waals surface area contributed by atoms with Crippen LogP contribution in [-0.4, -0.2) is 6.54 Å². The average molecular weight is 286 g/mol. The summed E-state index contributed by atoms with van der Waals surface area (Å²) in [5.74, 6) is 1.91. The van der Waals surface area contributed by atoms with Gasteiger partial charge >= 0.3 is 0 Å². The van der Waals surface area contributed by atoms with Crippen molar-refractivity contribution in [2.24, 2.45) is 11.8 Å². The van der Waals surface area contributed by atoms with Crippen molar-refractivity contribution >= 4 is 22.9 Å². The minimum absolute atomic E-state index is 0.427. The lowest BCUT2D eigenvalue weighted by molar-refractivity contribution is 0.273. The highest BCUT2D eigenvalue weighted by Crippen LogP contribution is 2.30. The first-order valence-corrected chi connectivity index (χ1v) is 8.38. The first kappa shape index (κ1) is 14.4. The van der Waals surface area contributed by atoms with Gasteiger partial charge in [0.2, 0.25) is 0 Å². The number of rotatable bonds is 5. The molecule has 0 aliphatic heterocycles. The molecule has 0 radical (unpaired) electrons. The zero-order valence-corrected chi connectivity index (χ0v) is 13.0. The smallest absolute Gasteiger partial charge is 0.0931 e. The molecule has 0 spiro atoms. The molecule has 1 aromatic rings. The summed E-state index contributed by atoms with van der Waals surface area (Å²) in [6.45, 7) is 5.74. The van der Waals surface area contributed by atoms with Gasteiger partial charge in [-0.3, -0.25) is 0 Å².